The first-order valence-corrected chi connectivity index (χ1v) is 4.48. The summed E-state index contributed by atoms with van der Waals surface area (Å²) in [6.45, 7) is -0.267. The summed E-state index contributed by atoms with van der Waals surface area (Å²) in [6.07, 6.45) is 2.65. The van der Waals surface area contributed by atoms with Crippen molar-refractivity contribution in [2.24, 2.45) is 0 Å². The van der Waals surface area contributed by atoms with Gasteiger partial charge in [-0.3, -0.25) is 0 Å². The van der Waals surface area contributed by atoms with Crippen molar-refractivity contribution in [3.05, 3.63) is 48.5 Å². The van der Waals surface area contributed by atoms with Gasteiger partial charge in [0, 0.05) is 5.56 Å². The van der Waals surface area contributed by atoms with Crippen LogP contribution in [0.5, 0.6) is 0 Å². The minimum absolute atomic E-state index is 0.209. The lowest BCUT2D eigenvalue weighted by Crippen LogP contribution is -2.26. The van der Waals surface area contributed by atoms with E-state index in [0.717, 1.165) is 0 Å². The van der Waals surface area contributed by atoms with Crippen LogP contribution in [0.3, 0.4) is 0 Å². The normalized spacial score (nSPS) is 14.8. The van der Waals surface area contributed by atoms with Crippen LogP contribution in [0.1, 0.15) is 5.56 Å². The number of aliphatic hydroxyl groups is 1. The molecule has 0 amide bonds. The number of hydrogen-bond donors (Lipinski definition) is 1. The SMILES string of the molecule is OC(F)(Cn1cncn1)c1ccccc1. The highest BCUT2D eigenvalue weighted by atomic mass is 19.2. The molecule has 0 aliphatic heterocycles. The fourth-order valence-electron chi connectivity index (χ4n) is 1.31. The van der Waals surface area contributed by atoms with E-state index < -0.39 is 5.85 Å². The Hall–Kier alpha value is -1.75. The summed E-state index contributed by atoms with van der Waals surface area (Å²) in [4.78, 5) is 3.67. The van der Waals surface area contributed by atoms with Crippen molar-refractivity contribution in [3.63, 3.8) is 0 Å². The third kappa shape index (κ3) is 2.19. The zero-order valence-corrected chi connectivity index (χ0v) is 7.92. The summed E-state index contributed by atoms with van der Waals surface area (Å²) < 4.78 is 15.1. The summed E-state index contributed by atoms with van der Waals surface area (Å²) in [5.74, 6) is -2.42. The second-order valence-electron chi connectivity index (χ2n) is 3.22. The van der Waals surface area contributed by atoms with Crippen LogP contribution < -0.4 is 0 Å². The second-order valence-corrected chi connectivity index (χ2v) is 3.22. The van der Waals surface area contributed by atoms with Gasteiger partial charge in [-0.2, -0.15) is 5.10 Å². The minimum atomic E-state index is -2.42. The monoisotopic (exact) mass is 207 g/mol. The van der Waals surface area contributed by atoms with E-state index >= 15 is 0 Å². The van der Waals surface area contributed by atoms with Gasteiger partial charge in [0.1, 0.15) is 19.2 Å². The fourth-order valence-corrected chi connectivity index (χ4v) is 1.31. The number of alkyl halides is 1. The fraction of sp³-hybridized carbons (Fsp3) is 0.200. The lowest BCUT2D eigenvalue weighted by molar-refractivity contribution is -0.111. The molecule has 1 aromatic carbocycles. The molecule has 0 aliphatic carbocycles. The van der Waals surface area contributed by atoms with Crippen molar-refractivity contribution in [2.75, 3.05) is 0 Å². The van der Waals surface area contributed by atoms with Crippen LogP contribution in [-0.2, 0) is 12.4 Å². The molecule has 0 bridgehead atoms. The summed E-state index contributed by atoms with van der Waals surface area (Å²) in [6, 6.07) is 8.14. The smallest absolute Gasteiger partial charge is 0.252 e. The largest absolute Gasteiger partial charge is 0.357 e. The van der Waals surface area contributed by atoms with E-state index in [1.807, 2.05) is 0 Å². The highest BCUT2D eigenvalue weighted by Gasteiger charge is 2.29. The van der Waals surface area contributed by atoms with Crippen molar-refractivity contribution < 1.29 is 9.50 Å². The zero-order chi connectivity index (χ0) is 10.7. The Morgan fingerprint density at radius 2 is 2.07 bits per heavy atom. The van der Waals surface area contributed by atoms with E-state index in [-0.39, 0.29) is 12.1 Å². The average molecular weight is 207 g/mol. The number of aromatic nitrogens is 3. The van der Waals surface area contributed by atoms with Gasteiger partial charge in [-0.15, -0.1) is 0 Å². The maximum Gasteiger partial charge on any atom is 0.252 e. The standard InChI is InChI=1S/C10H10FN3O/c11-10(15,6-14-8-12-7-13-14)9-4-2-1-3-5-9/h1-5,7-8,15H,6H2. The maximum atomic E-state index is 13.9. The Morgan fingerprint density at radius 3 is 2.67 bits per heavy atom. The molecule has 15 heavy (non-hydrogen) atoms. The first-order valence-electron chi connectivity index (χ1n) is 4.48. The maximum absolute atomic E-state index is 13.9. The molecule has 0 saturated heterocycles. The first kappa shape index (κ1) is 9.79. The van der Waals surface area contributed by atoms with Gasteiger partial charge in [0.2, 0.25) is 0 Å². The lowest BCUT2D eigenvalue weighted by atomic mass is 10.1. The van der Waals surface area contributed by atoms with E-state index in [1.54, 1.807) is 18.2 Å². The van der Waals surface area contributed by atoms with Gasteiger partial charge in [0.25, 0.3) is 5.85 Å². The molecule has 1 N–H and O–H groups in total. The molecule has 2 aromatic rings. The predicted octanol–water partition coefficient (Wildman–Crippen LogP) is 1.09. The molecular weight excluding hydrogens is 197 g/mol. The van der Waals surface area contributed by atoms with E-state index in [1.165, 1.54) is 29.5 Å². The summed E-state index contributed by atoms with van der Waals surface area (Å²) in [5.41, 5.74) is 0.209. The van der Waals surface area contributed by atoms with Crippen LogP contribution in [0.4, 0.5) is 4.39 Å². The molecule has 1 atom stereocenters. The summed E-state index contributed by atoms with van der Waals surface area (Å²) >= 11 is 0. The molecule has 1 unspecified atom stereocenters. The molecule has 78 valence electrons. The van der Waals surface area contributed by atoms with Crippen molar-refractivity contribution >= 4 is 0 Å². The van der Waals surface area contributed by atoms with Crippen LogP contribution in [0.15, 0.2) is 43.0 Å². The molecule has 0 saturated carbocycles. The molecule has 0 aliphatic rings. The Kier molecular flexibility index (Phi) is 2.47. The third-order valence-electron chi connectivity index (χ3n) is 2.05. The minimum Gasteiger partial charge on any atom is -0.357 e. The third-order valence-corrected chi connectivity index (χ3v) is 2.05. The van der Waals surface area contributed by atoms with Crippen molar-refractivity contribution in [1.82, 2.24) is 14.8 Å². The Morgan fingerprint density at radius 1 is 1.33 bits per heavy atom. The molecule has 4 nitrogen and oxygen atoms in total. The van der Waals surface area contributed by atoms with Crippen molar-refractivity contribution in [1.29, 1.82) is 0 Å². The van der Waals surface area contributed by atoms with Gasteiger partial charge >= 0.3 is 0 Å². The summed E-state index contributed by atoms with van der Waals surface area (Å²) in [5, 5.41) is 13.3. The van der Waals surface area contributed by atoms with Crippen LogP contribution >= 0.6 is 0 Å². The zero-order valence-electron chi connectivity index (χ0n) is 7.92. The molecule has 0 radical (unpaired) electrons. The van der Waals surface area contributed by atoms with Crippen LogP contribution in [-0.4, -0.2) is 19.9 Å². The van der Waals surface area contributed by atoms with Gasteiger partial charge in [-0.25, -0.2) is 14.1 Å². The number of hydrogen-bond acceptors (Lipinski definition) is 3. The molecule has 0 fully saturated rings. The Labute approximate surface area is 86.0 Å². The van der Waals surface area contributed by atoms with Gasteiger partial charge in [0.05, 0.1) is 0 Å². The van der Waals surface area contributed by atoms with Crippen molar-refractivity contribution in [3.8, 4) is 0 Å². The number of benzene rings is 1. The first-order chi connectivity index (χ1) is 7.18. The average Bonchev–Trinajstić information content (AvgIpc) is 2.71. The van der Waals surface area contributed by atoms with Crippen LogP contribution in [0.2, 0.25) is 0 Å². The van der Waals surface area contributed by atoms with E-state index in [4.69, 9.17) is 0 Å². The Bertz CT molecular complexity index is 413. The van der Waals surface area contributed by atoms with Gasteiger partial charge in [0.15, 0.2) is 0 Å². The molecule has 5 heteroatoms. The molecule has 0 spiro atoms. The van der Waals surface area contributed by atoms with E-state index in [0.29, 0.717) is 0 Å². The van der Waals surface area contributed by atoms with Crippen LogP contribution in [0.25, 0.3) is 0 Å². The number of nitrogens with zero attached hydrogens (tertiary/aromatic N) is 3. The summed E-state index contributed by atoms with van der Waals surface area (Å²) in [7, 11) is 0. The second kappa shape index (κ2) is 3.78. The topological polar surface area (TPSA) is 50.9 Å². The van der Waals surface area contributed by atoms with Crippen molar-refractivity contribution in [2.45, 2.75) is 12.4 Å². The lowest BCUT2D eigenvalue weighted by Gasteiger charge is -2.18. The molecule has 2 rings (SSSR count). The number of halogens is 1. The molecule has 1 aromatic heterocycles. The number of rotatable bonds is 3. The van der Waals surface area contributed by atoms with Crippen LogP contribution in [0, 0.1) is 0 Å². The quantitative estimate of drug-likeness (QED) is 0.819. The Balaban J connectivity index is 2.20. The highest BCUT2D eigenvalue weighted by molar-refractivity contribution is 5.19. The van der Waals surface area contributed by atoms with E-state index in [2.05, 4.69) is 10.1 Å². The molecular formula is C10H10FN3O. The van der Waals surface area contributed by atoms with E-state index in [9.17, 15) is 9.50 Å². The van der Waals surface area contributed by atoms with Gasteiger partial charge in [-0.05, 0) is 0 Å². The highest BCUT2D eigenvalue weighted by Crippen LogP contribution is 2.23. The molecule has 1 heterocycles. The van der Waals surface area contributed by atoms with Gasteiger partial charge in [-0.1, -0.05) is 30.3 Å². The van der Waals surface area contributed by atoms with Gasteiger partial charge < -0.3 is 5.11 Å². The predicted molar refractivity (Wildman–Crippen MR) is 51.5 cm³/mol.